The van der Waals surface area contributed by atoms with E-state index < -0.39 is 0 Å². The van der Waals surface area contributed by atoms with Crippen LogP contribution in [0.2, 0.25) is 0 Å². The molecule has 0 atom stereocenters. The van der Waals surface area contributed by atoms with E-state index in [0.717, 1.165) is 5.33 Å². The molecule has 18 heavy (non-hydrogen) atoms. The van der Waals surface area contributed by atoms with Crippen LogP contribution in [0, 0.1) is 33.4 Å². The minimum atomic E-state index is -0.389. The van der Waals surface area contributed by atoms with Gasteiger partial charge in [0.25, 0.3) is 0 Å². The smallest absolute Gasteiger partial charge is 0.0470 e. The van der Waals surface area contributed by atoms with Gasteiger partial charge >= 0.3 is 0 Å². The Labute approximate surface area is 121 Å². The normalized spacial score (nSPS) is 55.4. The minimum absolute atomic E-state index is 0.0278. The van der Waals surface area contributed by atoms with Crippen LogP contribution in [-0.4, -0.2) is 17.0 Å². The third kappa shape index (κ3) is 1.01. The lowest BCUT2D eigenvalue weighted by Gasteiger charge is -1.82. The van der Waals surface area contributed by atoms with Crippen molar-refractivity contribution in [2.75, 3.05) is 11.9 Å². The summed E-state index contributed by atoms with van der Waals surface area (Å²) in [5, 5.41) is 9.95. The van der Waals surface area contributed by atoms with Crippen LogP contribution < -0.4 is 0 Å². The summed E-state index contributed by atoms with van der Waals surface area (Å²) in [6, 6.07) is 0. The van der Waals surface area contributed by atoms with Crippen molar-refractivity contribution in [3.8, 4) is 0 Å². The quantitative estimate of drug-likeness (QED) is 0.770. The molecule has 2 heteroatoms. The largest absolute Gasteiger partial charge is 0.396 e. The lowest BCUT2D eigenvalue weighted by atomic mass is 10.3. The second-order valence-corrected chi connectivity index (χ2v) is 8.14. The molecule has 0 amide bonds. The van der Waals surface area contributed by atoms with Gasteiger partial charge in [0.1, 0.15) is 0 Å². The number of hydrogen-bond acceptors (Lipinski definition) is 1. The zero-order valence-corrected chi connectivity index (χ0v) is 12.5. The molecule has 0 heterocycles. The fourth-order valence-electron chi connectivity index (χ4n) is 5.62. The lowest BCUT2D eigenvalue weighted by Crippen LogP contribution is -1.87. The Bertz CT molecular complexity index is 419. The van der Waals surface area contributed by atoms with Crippen molar-refractivity contribution in [1.29, 1.82) is 0 Å². The molecular formula is C16H23BrO. The highest BCUT2D eigenvalue weighted by Crippen LogP contribution is 2.93. The predicted molar refractivity (Wildman–Crippen MR) is 74.5 cm³/mol. The molecular weight excluding hydrogens is 288 g/mol. The van der Waals surface area contributed by atoms with Gasteiger partial charge in [0.2, 0.25) is 0 Å². The number of rotatable bonds is 2. The van der Waals surface area contributed by atoms with E-state index in [0.29, 0.717) is 21.7 Å². The van der Waals surface area contributed by atoms with E-state index in [4.69, 9.17) is 7.85 Å². The monoisotopic (exact) mass is 312 g/mol. The van der Waals surface area contributed by atoms with Crippen molar-refractivity contribution in [1.82, 2.24) is 0 Å². The SMILES string of the molecule is [2H]C1(CBr)C2(CC2)C12CC2.[2H]C1(CO)C2(CC2)C12CC2. The molecule has 0 bridgehead atoms. The summed E-state index contributed by atoms with van der Waals surface area (Å²) in [5.41, 5.74) is 1.72. The van der Waals surface area contributed by atoms with E-state index in [9.17, 15) is 0 Å². The summed E-state index contributed by atoms with van der Waals surface area (Å²) in [6.07, 6.45) is 10.3. The van der Waals surface area contributed by atoms with Crippen molar-refractivity contribution < 1.29 is 7.85 Å². The van der Waals surface area contributed by atoms with E-state index in [1.165, 1.54) is 51.4 Å². The van der Waals surface area contributed by atoms with Crippen LogP contribution in [0.15, 0.2) is 0 Å². The predicted octanol–water partition coefficient (Wildman–Crippen LogP) is 3.74. The Balaban J connectivity index is 0.0000000960. The molecule has 100 valence electrons. The molecule has 6 aliphatic rings. The maximum atomic E-state index is 9.03. The van der Waals surface area contributed by atoms with Gasteiger partial charge < -0.3 is 5.11 Å². The molecule has 0 aromatic rings. The molecule has 0 saturated heterocycles. The van der Waals surface area contributed by atoms with Gasteiger partial charge in [0.15, 0.2) is 0 Å². The second-order valence-electron chi connectivity index (χ2n) is 7.58. The molecule has 0 aromatic carbocycles. The summed E-state index contributed by atoms with van der Waals surface area (Å²) in [5.74, 6) is -0.417. The van der Waals surface area contributed by atoms with Gasteiger partial charge in [-0.25, -0.2) is 0 Å². The number of fused-ring (bicyclic) bond motifs is 2. The van der Waals surface area contributed by atoms with Crippen LogP contribution in [0.1, 0.15) is 54.1 Å². The van der Waals surface area contributed by atoms with Gasteiger partial charge in [-0.1, -0.05) is 15.9 Å². The Morgan fingerprint density at radius 1 is 0.833 bits per heavy atom. The zero-order chi connectivity index (χ0) is 14.1. The first-order valence-electron chi connectivity index (χ1n) is 8.62. The molecule has 0 unspecified atom stereocenters. The van der Waals surface area contributed by atoms with Crippen molar-refractivity contribution in [2.24, 2.45) is 33.4 Å². The molecule has 0 aromatic heterocycles. The lowest BCUT2D eigenvalue weighted by molar-refractivity contribution is 0.261. The van der Waals surface area contributed by atoms with E-state index in [-0.39, 0.29) is 18.4 Å². The van der Waals surface area contributed by atoms with Gasteiger partial charge in [-0.15, -0.1) is 0 Å². The van der Waals surface area contributed by atoms with Crippen LogP contribution in [0.5, 0.6) is 0 Å². The van der Waals surface area contributed by atoms with Crippen LogP contribution >= 0.6 is 15.9 Å². The highest BCUT2D eigenvalue weighted by molar-refractivity contribution is 9.09. The van der Waals surface area contributed by atoms with Crippen LogP contribution in [-0.2, 0) is 0 Å². The highest BCUT2D eigenvalue weighted by atomic mass is 79.9. The van der Waals surface area contributed by atoms with Crippen LogP contribution in [0.4, 0.5) is 0 Å². The Kier molecular flexibility index (Phi) is 1.50. The molecule has 6 fully saturated rings. The first-order valence-corrected chi connectivity index (χ1v) is 8.74. The van der Waals surface area contributed by atoms with Crippen LogP contribution in [0.25, 0.3) is 0 Å². The van der Waals surface area contributed by atoms with E-state index in [1.54, 1.807) is 0 Å². The van der Waals surface area contributed by atoms with Crippen LogP contribution in [0.3, 0.4) is 0 Å². The molecule has 6 aliphatic carbocycles. The summed E-state index contributed by atoms with van der Waals surface area (Å²) < 4.78 is 16.1. The fourth-order valence-corrected chi connectivity index (χ4v) is 6.70. The van der Waals surface area contributed by atoms with Crippen molar-refractivity contribution in [2.45, 2.75) is 51.4 Å². The summed E-state index contributed by atoms with van der Waals surface area (Å²) >= 11 is 3.48. The molecule has 6 rings (SSSR count). The number of halogens is 1. The standard InChI is InChI=1S/C8H11Br.C8H12O/c2*9-5-6-7(1-2-7)8(6)3-4-8/h6H,1-5H2;6,9H,1-5H2/i2*6D. The molecule has 0 radical (unpaired) electrons. The maximum Gasteiger partial charge on any atom is 0.0470 e. The van der Waals surface area contributed by atoms with Crippen molar-refractivity contribution in [3.63, 3.8) is 0 Å². The first kappa shape index (κ1) is 9.39. The Morgan fingerprint density at radius 2 is 1.17 bits per heavy atom. The van der Waals surface area contributed by atoms with Crippen molar-refractivity contribution >= 4 is 15.9 Å². The Morgan fingerprint density at radius 3 is 1.28 bits per heavy atom. The summed E-state index contributed by atoms with van der Waals surface area (Å²) in [7, 11) is 0. The zero-order valence-electron chi connectivity index (χ0n) is 12.9. The molecule has 4 spiro atoms. The Hall–Kier alpha value is 0.440. The third-order valence-electron chi connectivity index (χ3n) is 7.31. The van der Waals surface area contributed by atoms with Gasteiger partial charge in [-0.2, -0.15) is 0 Å². The van der Waals surface area contributed by atoms with E-state index in [1.807, 2.05) is 0 Å². The van der Waals surface area contributed by atoms with Gasteiger partial charge in [0, 0.05) is 14.7 Å². The molecule has 6 saturated carbocycles. The average molecular weight is 313 g/mol. The maximum absolute atomic E-state index is 9.03. The fraction of sp³-hybridized carbons (Fsp3) is 1.00. The number of hydrogen-bond donors (Lipinski definition) is 1. The first-order chi connectivity index (χ1) is 9.45. The highest BCUT2D eigenvalue weighted by Gasteiger charge is 2.86. The summed E-state index contributed by atoms with van der Waals surface area (Å²) in [4.78, 5) is 0. The third-order valence-corrected chi connectivity index (χ3v) is 7.87. The molecule has 1 nitrogen and oxygen atoms in total. The molecule has 0 aliphatic heterocycles. The average Bonchev–Trinajstić information content (AvgIpc) is 3.27. The molecule has 1 N–H and O–H groups in total. The second kappa shape index (κ2) is 2.88. The topological polar surface area (TPSA) is 20.2 Å². The number of aliphatic hydroxyl groups is 1. The van der Waals surface area contributed by atoms with Crippen molar-refractivity contribution in [3.05, 3.63) is 0 Å². The van der Waals surface area contributed by atoms with Gasteiger partial charge in [0.05, 0.1) is 0 Å². The minimum Gasteiger partial charge on any atom is -0.396 e. The number of alkyl halides is 1. The van der Waals surface area contributed by atoms with Gasteiger partial charge in [-0.3, -0.25) is 0 Å². The summed E-state index contributed by atoms with van der Waals surface area (Å²) in [6.45, 7) is 0.104. The van der Waals surface area contributed by atoms with Gasteiger partial charge in [-0.05, 0) is 84.8 Å². The number of aliphatic hydroxyl groups excluding tert-OH is 1. The van der Waals surface area contributed by atoms with E-state index in [2.05, 4.69) is 15.9 Å². The van der Waals surface area contributed by atoms with E-state index >= 15 is 0 Å².